The first kappa shape index (κ1) is 26.6. The molecule has 0 aromatic heterocycles. The zero-order valence-corrected chi connectivity index (χ0v) is 19.7. The Morgan fingerprint density at radius 2 is 1.10 bits per heavy atom. The molecule has 0 heterocycles. The first-order chi connectivity index (χ1) is 14.6. The van der Waals surface area contributed by atoms with Crippen molar-refractivity contribution in [2.45, 2.75) is 116 Å². The van der Waals surface area contributed by atoms with Gasteiger partial charge in [0.2, 0.25) is 0 Å². The fourth-order valence-electron chi connectivity index (χ4n) is 3.94. The van der Waals surface area contributed by atoms with Crippen LogP contribution in [0.1, 0.15) is 131 Å². The van der Waals surface area contributed by atoms with Crippen LogP contribution in [-0.4, -0.2) is 24.8 Å². The predicted octanol–water partition coefficient (Wildman–Crippen LogP) is 7.96. The van der Waals surface area contributed by atoms with Crippen molar-refractivity contribution in [3.8, 4) is 0 Å². The average Bonchev–Trinajstić information content (AvgIpc) is 2.76. The molecule has 0 saturated heterocycles. The van der Waals surface area contributed by atoms with Gasteiger partial charge in [-0.05, 0) is 13.3 Å². The van der Waals surface area contributed by atoms with Crippen molar-refractivity contribution in [2.75, 3.05) is 7.11 Å². The number of Topliss-reactive ketones (excluding diaryl/α,β-unsaturated/α-hetero) is 2. The molecule has 1 aromatic carbocycles. The van der Waals surface area contributed by atoms with E-state index in [2.05, 4.69) is 6.92 Å². The summed E-state index contributed by atoms with van der Waals surface area (Å²) < 4.78 is 5.44. The summed E-state index contributed by atoms with van der Waals surface area (Å²) in [6.45, 7) is 3.80. The molecule has 0 aliphatic carbocycles. The lowest BCUT2D eigenvalue weighted by atomic mass is 9.99. The van der Waals surface area contributed by atoms with E-state index in [9.17, 15) is 9.59 Å². The Bertz CT molecular complexity index is 576. The van der Waals surface area contributed by atoms with Crippen molar-refractivity contribution in [2.24, 2.45) is 0 Å². The summed E-state index contributed by atoms with van der Waals surface area (Å²) in [7, 11) is 1.61. The highest BCUT2D eigenvalue weighted by Crippen LogP contribution is 2.16. The van der Waals surface area contributed by atoms with E-state index in [-0.39, 0.29) is 17.7 Å². The van der Waals surface area contributed by atoms with Gasteiger partial charge in [0.05, 0.1) is 0 Å². The summed E-state index contributed by atoms with van der Waals surface area (Å²) in [5, 5.41) is 0. The lowest BCUT2D eigenvalue weighted by Crippen LogP contribution is -2.23. The van der Waals surface area contributed by atoms with Gasteiger partial charge < -0.3 is 4.74 Å². The van der Waals surface area contributed by atoms with Crippen molar-refractivity contribution in [1.82, 2.24) is 0 Å². The molecule has 0 aliphatic rings. The number of carbonyl (C=O) groups excluding carboxylic acids is 2. The fraction of sp³-hybridized carbons (Fsp3) is 0.704. The second-order valence-corrected chi connectivity index (χ2v) is 8.61. The summed E-state index contributed by atoms with van der Waals surface area (Å²) in [4.78, 5) is 24.0. The molecule has 0 fully saturated rings. The Balaban J connectivity index is 2.06. The summed E-state index contributed by atoms with van der Waals surface area (Å²) in [5.41, 5.74) is 1.25. The van der Waals surface area contributed by atoms with E-state index in [4.69, 9.17) is 4.74 Å². The number of carbonyl (C=O) groups is 2. The molecule has 3 nitrogen and oxygen atoms in total. The fourth-order valence-corrected chi connectivity index (χ4v) is 3.94. The van der Waals surface area contributed by atoms with Crippen LogP contribution in [0, 0.1) is 0 Å². The van der Waals surface area contributed by atoms with Crippen LogP contribution in [0.15, 0.2) is 24.3 Å². The van der Waals surface area contributed by atoms with Crippen LogP contribution >= 0.6 is 0 Å². The van der Waals surface area contributed by atoms with Gasteiger partial charge in [0, 0.05) is 18.2 Å². The van der Waals surface area contributed by atoms with E-state index >= 15 is 0 Å². The Hall–Kier alpha value is -1.48. The topological polar surface area (TPSA) is 43.4 Å². The molecule has 0 saturated carbocycles. The number of rotatable bonds is 19. The number of hydrogen-bond acceptors (Lipinski definition) is 3. The maximum atomic E-state index is 12.6. The Kier molecular flexibility index (Phi) is 15.2. The molecule has 1 aromatic rings. The van der Waals surface area contributed by atoms with Crippen LogP contribution in [0.2, 0.25) is 0 Å². The maximum absolute atomic E-state index is 12.6. The largest absolute Gasteiger partial charge is 0.373 e. The molecular formula is C27H44O3. The van der Waals surface area contributed by atoms with E-state index in [1.165, 1.54) is 84.0 Å². The standard InChI is InChI=1S/C27H44O3/c1-4-5-6-7-8-9-10-11-12-13-14-15-16-17-18-26(30-3)27(29)25-21-19-24(20-22-25)23(2)28/h19-22,26H,4-18H2,1-3H3. The Morgan fingerprint density at radius 3 is 1.50 bits per heavy atom. The number of unbranched alkanes of at least 4 members (excludes halogenated alkanes) is 13. The third kappa shape index (κ3) is 11.6. The minimum atomic E-state index is -0.384. The van der Waals surface area contributed by atoms with Crippen molar-refractivity contribution in [1.29, 1.82) is 0 Å². The highest BCUT2D eigenvalue weighted by Gasteiger charge is 2.19. The molecule has 0 bridgehead atoms. The van der Waals surface area contributed by atoms with Gasteiger partial charge in [-0.15, -0.1) is 0 Å². The van der Waals surface area contributed by atoms with E-state index in [0.29, 0.717) is 11.1 Å². The van der Waals surface area contributed by atoms with Crippen molar-refractivity contribution in [3.05, 3.63) is 35.4 Å². The SMILES string of the molecule is CCCCCCCCCCCCCCCCC(OC)C(=O)c1ccc(C(C)=O)cc1. The van der Waals surface area contributed by atoms with Crippen molar-refractivity contribution >= 4 is 11.6 Å². The quantitative estimate of drug-likeness (QED) is 0.170. The zero-order chi connectivity index (χ0) is 22.0. The number of methoxy groups -OCH3 is 1. The van der Waals surface area contributed by atoms with Gasteiger partial charge in [-0.2, -0.15) is 0 Å². The van der Waals surface area contributed by atoms with Crippen LogP contribution in [0.5, 0.6) is 0 Å². The Morgan fingerprint density at radius 1 is 0.700 bits per heavy atom. The maximum Gasteiger partial charge on any atom is 0.191 e. The predicted molar refractivity (Wildman–Crippen MR) is 127 cm³/mol. The first-order valence-corrected chi connectivity index (χ1v) is 12.3. The van der Waals surface area contributed by atoms with E-state index in [1.54, 1.807) is 31.4 Å². The van der Waals surface area contributed by atoms with Crippen LogP contribution in [0.4, 0.5) is 0 Å². The number of ketones is 2. The first-order valence-electron chi connectivity index (χ1n) is 12.3. The monoisotopic (exact) mass is 416 g/mol. The summed E-state index contributed by atoms with van der Waals surface area (Å²) in [6, 6.07) is 6.90. The highest BCUT2D eigenvalue weighted by molar-refractivity contribution is 6.01. The van der Waals surface area contributed by atoms with Gasteiger partial charge in [0.15, 0.2) is 11.6 Å². The third-order valence-corrected chi connectivity index (χ3v) is 5.97. The van der Waals surface area contributed by atoms with Gasteiger partial charge in [0.1, 0.15) is 6.10 Å². The molecule has 1 atom stereocenters. The zero-order valence-electron chi connectivity index (χ0n) is 19.7. The minimum absolute atomic E-state index is 0.0136. The van der Waals surface area contributed by atoms with Gasteiger partial charge in [-0.3, -0.25) is 9.59 Å². The molecule has 170 valence electrons. The lowest BCUT2D eigenvalue weighted by Gasteiger charge is -2.14. The molecule has 1 rings (SSSR count). The molecule has 0 radical (unpaired) electrons. The molecule has 0 spiro atoms. The number of benzene rings is 1. The lowest BCUT2D eigenvalue weighted by molar-refractivity contribution is 0.0572. The minimum Gasteiger partial charge on any atom is -0.373 e. The van der Waals surface area contributed by atoms with Crippen LogP contribution < -0.4 is 0 Å². The van der Waals surface area contributed by atoms with Gasteiger partial charge in [-0.1, -0.05) is 121 Å². The van der Waals surface area contributed by atoms with E-state index < -0.39 is 0 Å². The highest BCUT2D eigenvalue weighted by atomic mass is 16.5. The van der Waals surface area contributed by atoms with Crippen molar-refractivity contribution < 1.29 is 14.3 Å². The second-order valence-electron chi connectivity index (χ2n) is 8.61. The molecular weight excluding hydrogens is 372 g/mol. The molecule has 1 unspecified atom stereocenters. The summed E-state index contributed by atoms with van der Waals surface area (Å²) in [6.07, 6.45) is 19.0. The summed E-state index contributed by atoms with van der Waals surface area (Å²) >= 11 is 0. The molecule has 30 heavy (non-hydrogen) atoms. The molecule has 0 N–H and O–H groups in total. The second kappa shape index (κ2) is 17.2. The van der Waals surface area contributed by atoms with Crippen LogP contribution in [0.25, 0.3) is 0 Å². The third-order valence-electron chi connectivity index (χ3n) is 5.97. The molecule has 0 aliphatic heterocycles. The number of hydrogen-bond donors (Lipinski definition) is 0. The average molecular weight is 417 g/mol. The van der Waals surface area contributed by atoms with Crippen LogP contribution in [-0.2, 0) is 4.74 Å². The van der Waals surface area contributed by atoms with Gasteiger partial charge in [-0.25, -0.2) is 0 Å². The van der Waals surface area contributed by atoms with E-state index in [0.717, 1.165) is 19.3 Å². The molecule has 3 heteroatoms. The smallest absolute Gasteiger partial charge is 0.191 e. The van der Waals surface area contributed by atoms with Crippen LogP contribution in [0.3, 0.4) is 0 Å². The Labute approximate surface area is 185 Å². The van der Waals surface area contributed by atoms with Gasteiger partial charge in [0.25, 0.3) is 0 Å². The van der Waals surface area contributed by atoms with Crippen molar-refractivity contribution in [3.63, 3.8) is 0 Å². The number of ether oxygens (including phenoxy) is 1. The molecule has 0 amide bonds. The van der Waals surface area contributed by atoms with E-state index in [1.807, 2.05) is 0 Å². The normalized spacial score (nSPS) is 12.1. The summed E-state index contributed by atoms with van der Waals surface area (Å²) in [5.74, 6) is 0.0296. The van der Waals surface area contributed by atoms with Gasteiger partial charge >= 0.3 is 0 Å².